The van der Waals surface area contributed by atoms with Crippen molar-refractivity contribution in [2.75, 3.05) is 6.61 Å². The molecule has 3 heteroatoms. The van der Waals surface area contributed by atoms with Gasteiger partial charge in [-0.15, -0.1) is 0 Å². The van der Waals surface area contributed by atoms with Gasteiger partial charge in [-0.1, -0.05) is 13.0 Å². The number of ketones is 2. The predicted octanol–water partition coefficient (Wildman–Crippen LogP) is 2.93. The summed E-state index contributed by atoms with van der Waals surface area (Å²) < 4.78 is 6.17. The second-order valence-corrected chi connectivity index (χ2v) is 8.60. The molecule has 118 valence electrons. The Hall–Kier alpha value is -0.960. The molecule has 0 amide bonds. The number of allylic oxidation sites excluding steroid dienone is 1. The molecule has 0 N–H and O–H groups in total. The molecule has 0 aromatic carbocycles. The minimum absolute atomic E-state index is 0.0711. The third-order valence-electron chi connectivity index (χ3n) is 8.03. The standard InChI is InChI=1S/C19H24O3/c1-18-6-5-14-12(13(18)2-3-17(18)21)9-16-15-8-11(20)4-7-19(14,15)10-22-16/h4,7,12-16H,2-3,5-6,8-10H2,1H3/t12-,13-,14+,15?,16?,18-,19-/m0/s1. The first kappa shape index (κ1) is 13.5. The highest BCUT2D eigenvalue weighted by molar-refractivity contribution is 5.91. The summed E-state index contributed by atoms with van der Waals surface area (Å²) in [4.78, 5) is 24.3. The van der Waals surface area contributed by atoms with E-state index in [-0.39, 0.29) is 22.7 Å². The van der Waals surface area contributed by atoms with Gasteiger partial charge in [0.25, 0.3) is 0 Å². The Balaban J connectivity index is 1.57. The third kappa shape index (κ3) is 1.42. The van der Waals surface area contributed by atoms with Crippen LogP contribution in [0, 0.1) is 34.5 Å². The minimum atomic E-state index is -0.0711. The summed E-state index contributed by atoms with van der Waals surface area (Å²) in [5.74, 6) is 2.94. The fraction of sp³-hybridized carbons (Fsp3) is 0.789. The first-order chi connectivity index (χ1) is 10.5. The number of rotatable bonds is 0. The quantitative estimate of drug-likeness (QED) is 0.691. The molecule has 4 aliphatic carbocycles. The summed E-state index contributed by atoms with van der Waals surface area (Å²) in [6, 6.07) is 0. The van der Waals surface area contributed by atoms with Crippen LogP contribution in [0.3, 0.4) is 0 Å². The van der Waals surface area contributed by atoms with Gasteiger partial charge in [0.1, 0.15) is 5.78 Å². The SMILES string of the molecule is C[C@]12CC[C@@H]3[C@@H](CC4OC[C@@]35C=CC(=O)CC45)[C@@H]1CCC2=O. The minimum Gasteiger partial charge on any atom is -0.377 e. The lowest BCUT2D eigenvalue weighted by Crippen LogP contribution is -2.54. The fourth-order valence-corrected chi connectivity index (χ4v) is 6.91. The summed E-state index contributed by atoms with van der Waals surface area (Å²) >= 11 is 0. The van der Waals surface area contributed by atoms with Crippen molar-refractivity contribution in [3.05, 3.63) is 12.2 Å². The average Bonchev–Trinajstić information content (AvgIpc) is 2.94. The molecule has 2 bridgehead atoms. The molecule has 1 saturated heterocycles. The van der Waals surface area contributed by atoms with E-state index in [1.165, 1.54) is 0 Å². The molecule has 5 aliphatic rings. The summed E-state index contributed by atoms with van der Waals surface area (Å²) in [5.41, 5.74) is 0.0206. The summed E-state index contributed by atoms with van der Waals surface area (Å²) in [5, 5.41) is 0. The van der Waals surface area contributed by atoms with Crippen molar-refractivity contribution in [1.82, 2.24) is 0 Å². The van der Waals surface area contributed by atoms with E-state index < -0.39 is 0 Å². The Morgan fingerprint density at radius 3 is 2.91 bits per heavy atom. The van der Waals surface area contributed by atoms with Gasteiger partial charge in [-0.25, -0.2) is 0 Å². The van der Waals surface area contributed by atoms with Crippen LogP contribution in [0.5, 0.6) is 0 Å². The number of ether oxygens (including phenoxy) is 1. The topological polar surface area (TPSA) is 43.4 Å². The molecule has 3 nitrogen and oxygen atoms in total. The maximum atomic E-state index is 12.4. The average molecular weight is 300 g/mol. The second kappa shape index (κ2) is 4.11. The molecule has 2 unspecified atom stereocenters. The van der Waals surface area contributed by atoms with Crippen molar-refractivity contribution >= 4 is 11.6 Å². The van der Waals surface area contributed by atoms with Crippen LogP contribution in [-0.4, -0.2) is 24.3 Å². The van der Waals surface area contributed by atoms with Crippen molar-refractivity contribution in [3.8, 4) is 0 Å². The highest BCUT2D eigenvalue weighted by Crippen LogP contribution is 2.66. The van der Waals surface area contributed by atoms with E-state index in [0.29, 0.717) is 35.9 Å². The smallest absolute Gasteiger partial charge is 0.155 e. The van der Waals surface area contributed by atoms with Gasteiger partial charge < -0.3 is 4.74 Å². The first-order valence-electron chi connectivity index (χ1n) is 8.91. The number of carbonyl (C=O) groups excluding carboxylic acids is 2. The fourth-order valence-electron chi connectivity index (χ4n) is 6.91. The second-order valence-electron chi connectivity index (χ2n) is 8.60. The van der Waals surface area contributed by atoms with Crippen molar-refractivity contribution < 1.29 is 14.3 Å². The Bertz CT molecular complexity index is 593. The lowest BCUT2D eigenvalue weighted by molar-refractivity contribution is -0.134. The van der Waals surface area contributed by atoms with Crippen molar-refractivity contribution in [3.63, 3.8) is 0 Å². The molecule has 0 spiro atoms. The maximum absolute atomic E-state index is 12.4. The number of Topliss-reactive ketones (excluding diaryl/α,β-unsaturated/α-hetero) is 1. The highest BCUT2D eigenvalue weighted by atomic mass is 16.5. The largest absolute Gasteiger partial charge is 0.377 e. The van der Waals surface area contributed by atoms with E-state index in [4.69, 9.17) is 4.74 Å². The molecule has 0 radical (unpaired) electrons. The van der Waals surface area contributed by atoms with Gasteiger partial charge in [0, 0.05) is 29.6 Å². The van der Waals surface area contributed by atoms with Crippen LogP contribution in [0.2, 0.25) is 0 Å². The van der Waals surface area contributed by atoms with E-state index in [9.17, 15) is 9.59 Å². The van der Waals surface area contributed by atoms with Gasteiger partial charge in [-0.3, -0.25) is 9.59 Å². The van der Waals surface area contributed by atoms with Crippen LogP contribution in [0.25, 0.3) is 0 Å². The summed E-state index contributed by atoms with van der Waals surface area (Å²) in [6.07, 6.45) is 10.0. The lowest BCUT2D eigenvalue weighted by Gasteiger charge is -2.56. The van der Waals surface area contributed by atoms with Crippen LogP contribution in [-0.2, 0) is 14.3 Å². The molecule has 22 heavy (non-hydrogen) atoms. The number of carbonyl (C=O) groups is 2. The molecule has 5 rings (SSSR count). The first-order valence-corrected chi connectivity index (χ1v) is 8.91. The highest BCUT2D eigenvalue weighted by Gasteiger charge is 2.65. The Morgan fingerprint density at radius 2 is 2.05 bits per heavy atom. The number of fused-ring (bicyclic) bond motifs is 3. The van der Waals surface area contributed by atoms with Crippen molar-refractivity contribution in [2.45, 2.75) is 51.6 Å². The zero-order chi connectivity index (χ0) is 15.1. The van der Waals surface area contributed by atoms with Gasteiger partial charge in [0.2, 0.25) is 0 Å². The lowest BCUT2D eigenvalue weighted by atomic mass is 9.46. The molecular weight excluding hydrogens is 276 g/mol. The molecule has 4 fully saturated rings. The van der Waals surface area contributed by atoms with Crippen molar-refractivity contribution in [2.24, 2.45) is 34.5 Å². The van der Waals surface area contributed by atoms with Crippen molar-refractivity contribution in [1.29, 1.82) is 0 Å². The van der Waals surface area contributed by atoms with Crippen LogP contribution in [0.4, 0.5) is 0 Å². The van der Waals surface area contributed by atoms with Gasteiger partial charge in [0.05, 0.1) is 12.7 Å². The van der Waals surface area contributed by atoms with Crippen LogP contribution >= 0.6 is 0 Å². The number of hydrogen-bond donors (Lipinski definition) is 0. The van der Waals surface area contributed by atoms with E-state index in [0.717, 1.165) is 38.7 Å². The number of hydrogen-bond acceptors (Lipinski definition) is 3. The predicted molar refractivity (Wildman–Crippen MR) is 81.1 cm³/mol. The third-order valence-corrected chi connectivity index (χ3v) is 8.03. The van der Waals surface area contributed by atoms with Gasteiger partial charge in [-0.05, 0) is 49.5 Å². The van der Waals surface area contributed by atoms with Crippen LogP contribution < -0.4 is 0 Å². The van der Waals surface area contributed by atoms with E-state index in [1.807, 2.05) is 6.08 Å². The van der Waals surface area contributed by atoms with Gasteiger partial charge >= 0.3 is 0 Å². The molecule has 1 heterocycles. The van der Waals surface area contributed by atoms with Gasteiger partial charge in [0.15, 0.2) is 5.78 Å². The van der Waals surface area contributed by atoms with Crippen LogP contribution in [0.1, 0.15) is 45.4 Å². The van der Waals surface area contributed by atoms with E-state index in [1.54, 1.807) is 0 Å². The molecule has 0 aromatic heterocycles. The molecule has 3 saturated carbocycles. The van der Waals surface area contributed by atoms with E-state index >= 15 is 0 Å². The summed E-state index contributed by atoms with van der Waals surface area (Å²) in [6.45, 7) is 3.01. The Morgan fingerprint density at radius 1 is 1.18 bits per heavy atom. The molecule has 7 atom stereocenters. The van der Waals surface area contributed by atoms with Crippen LogP contribution in [0.15, 0.2) is 12.2 Å². The molecular formula is C19H24O3. The zero-order valence-corrected chi connectivity index (χ0v) is 13.2. The Kier molecular flexibility index (Phi) is 2.52. The normalized spacial score (nSPS) is 55.8. The van der Waals surface area contributed by atoms with Gasteiger partial charge in [-0.2, -0.15) is 0 Å². The molecule has 1 aliphatic heterocycles. The zero-order valence-electron chi connectivity index (χ0n) is 13.2. The Labute approximate surface area is 131 Å². The monoisotopic (exact) mass is 300 g/mol. The summed E-state index contributed by atoms with van der Waals surface area (Å²) in [7, 11) is 0. The van der Waals surface area contributed by atoms with E-state index in [2.05, 4.69) is 13.0 Å². The maximum Gasteiger partial charge on any atom is 0.155 e. The molecule has 0 aromatic rings.